The molecular weight excluding hydrogens is 400 g/mol. The Labute approximate surface area is 177 Å². The van der Waals surface area contributed by atoms with Gasteiger partial charge in [0.25, 0.3) is 5.91 Å². The molecule has 1 amide bonds. The first kappa shape index (κ1) is 20.9. The number of amides is 1. The van der Waals surface area contributed by atoms with E-state index in [1.807, 2.05) is 0 Å². The number of nitrogens with one attached hydrogen (secondary N) is 2. The van der Waals surface area contributed by atoms with E-state index >= 15 is 0 Å². The predicted octanol–water partition coefficient (Wildman–Crippen LogP) is 4.29. The highest BCUT2D eigenvalue weighted by atomic mass is 32.2. The summed E-state index contributed by atoms with van der Waals surface area (Å²) < 4.78 is 33.0. The van der Waals surface area contributed by atoms with Crippen LogP contribution < -0.4 is 10.0 Å². The van der Waals surface area contributed by atoms with Crippen LogP contribution in [0.1, 0.15) is 67.2 Å². The third kappa shape index (κ3) is 3.84. The summed E-state index contributed by atoms with van der Waals surface area (Å²) in [5.74, 6) is 1.56. The van der Waals surface area contributed by atoms with Crippen LogP contribution in [0.3, 0.4) is 0 Å². The fourth-order valence-electron chi connectivity index (χ4n) is 4.32. The number of aryl methyl sites for hydroxylation is 1. The lowest BCUT2D eigenvalue weighted by molar-refractivity contribution is -0.110. The average Bonchev–Trinajstić information content (AvgIpc) is 3.25. The maximum Gasteiger partial charge on any atom is 0.256 e. The van der Waals surface area contributed by atoms with E-state index in [2.05, 4.69) is 17.0 Å². The first-order valence-electron chi connectivity index (χ1n) is 10.7. The van der Waals surface area contributed by atoms with Gasteiger partial charge in [-0.2, -0.15) is 0 Å². The second-order valence-electron chi connectivity index (χ2n) is 7.94. The van der Waals surface area contributed by atoms with Gasteiger partial charge in [-0.15, -0.1) is 0 Å². The Morgan fingerprint density at radius 1 is 1.20 bits per heavy atom. The van der Waals surface area contributed by atoms with E-state index in [1.165, 1.54) is 24.2 Å². The van der Waals surface area contributed by atoms with Crippen molar-refractivity contribution < 1.29 is 17.6 Å². The number of benzene rings is 1. The molecular formula is C23H28N2O4S. The molecule has 1 aromatic carbocycles. The predicted molar refractivity (Wildman–Crippen MR) is 118 cm³/mol. The molecule has 1 aliphatic carbocycles. The Hall–Kier alpha value is -2.38. The lowest BCUT2D eigenvalue weighted by Crippen LogP contribution is -2.18. The zero-order chi connectivity index (χ0) is 21.3. The van der Waals surface area contributed by atoms with Crippen LogP contribution in [0, 0.1) is 0 Å². The van der Waals surface area contributed by atoms with Gasteiger partial charge in [0, 0.05) is 23.2 Å². The first-order chi connectivity index (χ1) is 14.4. The molecule has 0 spiro atoms. The van der Waals surface area contributed by atoms with Gasteiger partial charge in [-0.3, -0.25) is 4.79 Å². The van der Waals surface area contributed by atoms with Crippen molar-refractivity contribution in [2.24, 2.45) is 0 Å². The number of hydrogen-bond donors (Lipinski definition) is 2. The van der Waals surface area contributed by atoms with E-state index in [9.17, 15) is 13.2 Å². The molecule has 2 aromatic rings. The maximum absolute atomic E-state index is 12.7. The molecule has 0 radical (unpaired) electrons. The molecule has 160 valence electrons. The third-order valence-electron chi connectivity index (χ3n) is 5.97. The molecule has 0 unspecified atom stereocenters. The molecule has 1 aromatic heterocycles. The number of furan rings is 1. The van der Waals surface area contributed by atoms with E-state index < -0.39 is 10.0 Å². The van der Waals surface area contributed by atoms with Gasteiger partial charge in [0.05, 0.1) is 10.5 Å². The van der Waals surface area contributed by atoms with Gasteiger partial charge < -0.3 is 9.73 Å². The minimum absolute atomic E-state index is 0.132. The molecule has 2 aliphatic rings. The van der Waals surface area contributed by atoms with E-state index in [0.717, 1.165) is 62.9 Å². The fourth-order valence-corrected chi connectivity index (χ4v) is 5.08. The molecule has 2 heterocycles. The molecule has 30 heavy (non-hydrogen) atoms. The monoisotopic (exact) mass is 428 g/mol. The van der Waals surface area contributed by atoms with Gasteiger partial charge in [-0.25, -0.2) is 13.1 Å². The lowest BCUT2D eigenvalue weighted by atomic mass is 9.92. The van der Waals surface area contributed by atoms with Crippen LogP contribution in [0.5, 0.6) is 0 Å². The van der Waals surface area contributed by atoms with Crippen LogP contribution in [0.25, 0.3) is 11.6 Å². The van der Waals surface area contributed by atoms with Crippen molar-refractivity contribution in [1.82, 2.24) is 4.72 Å². The van der Waals surface area contributed by atoms with Crippen molar-refractivity contribution in [3.63, 3.8) is 0 Å². The SMILES string of the molecule is CCCCCc1c(C=C2C(=O)Nc3ccc(S(=O)(=O)NC)cc32)oc2c1CCCC2. The van der Waals surface area contributed by atoms with Gasteiger partial charge in [-0.05, 0) is 69.0 Å². The Balaban J connectivity index is 1.78. The second-order valence-corrected chi connectivity index (χ2v) is 9.82. The number of hydrogen-bond acceptors (Lipinski definition) is 4. The molecule has 1 aliphatic heterocycles. The molecule has 0 saturated heterocycles. The highest BCUT2D eigenvalue weighted by Crippen LogP contribution is 2.38. The quantitative estimate of drug-likeness (QED) is 0.509. The summed E-state index contributed by atoms with van der Waals surface area (Å²) >= 11 is 0. The van der Waals surface area contributed by atoms with Crippen molar-refractivity contribution in [3.8, 4) is 0 Å². The summed E-state index contributed by atoms with van der Waals surface area (Å²) in [6.07, 6.45) is 10.4. The van der Waals surface area contributed by atoms with Crippen LogP contribution in [-0.2, 0) is 34.1 Å². The number of fused-ring (bicyclic) bond motifs is 2. The van der Waals surface area contributed by atoms with Crippen LogP contribution >= 0.6 is 0 Å². The normalized spacial score (nSPS) is 17.1. The minimum atomic E-state index is -3.60. The second kappa shape index (κ2) is 8.40. The number of unbranched alkanes of at least 4 members (excludes halogenated alkanes) is 2. The summed E-state index contributed by atoms with van der Waals surface area (Å²) in [5.41, 5.74) is 4.18. The summed E-state index contributed by atoms with van der Waals surface area (Å²) in [6.45, 7) is 2.18. The molecule has 6 nitrogen and oxygen atoms in total. The Kier molecular flexibility index (Phi) is 5.84. The van der Waals surface area contributed by atoms with Gasteiger partial charge in [-0.1, -0.05) is 19.8 Å². The van der Waals surface area contributed by atoms with Gasteiger partial charge in [0.15, 0.2) is 0 Å². The van der Waals surface area contributed by atoms with Crippen molar-refractivity contribution in [2.75, 3.05) is 12.4 Å². The molecule has 0 bridgehead atoms. The standard InChI is InChI=1S/C23H28N2O4S/c1-3-4-5-8-17-16-9-6-7-10-21(16)29-22(17)14-19-18-13-15(30(27,28)24-2)11-12-20(18)25-23(19)26/h11-14,24H,3-10H2,1-2H3,(H,25,26). The average molecular weight is 429 g/mol. The van der Waals surface area contributed by atoms with Crippen LogP contribution in [0.4, 0.5) is 5.69 Å². The van der Waals surface area contributed by atoms with Gasteiger partial charge in [0.1, 0.15) is 11.5 Å². The fraction of sp³-hybridized carbons (Fsp3) is 0.435. The molecule has 7 heteroatoms. The summed E-state index contributed by atoms with van der Waals surface area (Å²) in [4.78, 5) is 12.8. The van der Waals surface area contributed by atoms with Crippen LogP contribution in [0.2, 0.25) is 0 Å². The van der Waals surface area contributed by atoms with E-state index in [4.69, 9.17) is 4.42 Å². The molecule has 0 fully saturated rings. The summed E-state index contributed by atoms with van der Waals surface area (Å²) in [5, 5.41) is 2.83. The number of carbonyl (C=O) groups excluding carboxylic acids is 1. The van der Waals surface area contributed by atoms with E-state index in [0.29, 0.717) is 16.8 Å². The van der Waals surface area contributed by atoms with E-state index in [1.54, 1.807) is 18.2 Å². The number of rotatable bonds is 7. The molecule has 4 rings (SSSR count). The zero-order valence-corrected chi connectivity index (χ0v) is 18.3. The molecule has 0 saturated carbocycles. The molecule has 0 atom stereocenters. The van der Waals surface area contributed by atoms with Crippen LogP contribution in [0.15, 0.2) is 27.5 Å². The zero-order valence-electron chi connectivity index (χ0n) is 17.5. The smallest absolute Gasteiger partial charge is 0.256 e. The number of anilines is 1. The highest BCUT2D eigenvalue weighted by Gasteiger charge is 2.28. The first-order valence-corrected chi connectivity index (χ1v) is 12.2. The summed E-state index contributed by atoms with van der Waals surface area (Å²) in [7, 11) is -2.22. The lowest BCUT2D eigenvalue weighted by Gasteiger charge is -2.10. The van der Waals surface area contributed by atoms with Crippen molar-refractivity contribution in [3.05, 3.63) is 46.4 Å². The van der Waals surface area contributed by atoms with Crippen molar-refractivity contribution >= 4 is 33.3 Å². The van der Waals surface area contributed by atoms with Gasteiger partial charge in [0.2, 0.25) is 10.0 Å². The maximum atomic E-state index is 12.7. The molecule has 2 N–H and O–H groups in total. The number of carbonyl (C=O) groups is 1. The van der Waals surface area contributed by atoms with Crippen molar-refractivity contribution in [2.45, 2.75) is 63.2 Å². The van der Waals surface area contributed by atoms with Crippen molar-refractivity contribution in [1.29, 1.82) is 0 Å². The van der Waals surface area contributed by atoms with Gasteiger partial charge >= 0.3 is 0 Å². The summed E-state index contributed by atoms with van der Waals surface area (Å²) in [6, 6.07) is 4.67. The Bertz CT molecular complexity index is 1110. The largest absolute Gasteiger partial charge is 0.461 e. The third-order valence-corrected chi connectivity index (χ3v) is 7.38. The Morgan fingerprint density at radius 2 is 2.00 bits per heavy atom. The van der Waals surface area contributed by atoms with E-state index in [-0.39, 0.29) is 10.8 Å². The highest BCUT2D eigenvalue weighted by molar-refractivity contribution is 7.89. The Morgan fingerprint density at radius 3 is 2.77 bits per heavy atom. The minimum Gasteiger partial charge on any atom is -0.461 e. The van der Waals surface area contributed by atoms with Crippen LogP contribution in [-0.4, -0.2) is 21.4 Å². The topological polar surface area (TPSA) is 88.4 Å². The number of sulfonamides is 1.